The zero-order valence-electron chi connectivity index (χ0n) is 10.3. The normalized spacial score (nSPS) is 17.5. The number of rotatable bonds is 4. The molecule has 1 saturated carbocycles. The fraction of sp³-hybridized carbons (Fsp3) is 0.286. The molecule has 2 rings (SSSR count). The second kappa shape index (κ2) is 4.76. The van der Waals surface area contributed by atoms with Gasteiger partial charge in [-0.15, -0.1) is 6.58 Å². The summed E-state index contributed by atoms with van der Waals surface area (Å²) < 4.78 is 0. The molecule has 0 unspecified atom stereocenters. The van der Waals surface area contributed by atoms with E-state index in [1.54, 1.807) is 6.07 Å². The predicted octanol–water partition coefficient (Wildman–Crippen LogP) is 2.34. The number of nitrogens with zero attached hydrogens (tertiary/aromatic N) is 1. The molecule has 0 N–H and O–H groups in total. The second-order valence-electron chi connectivity index (χ2n) is 4.52. The van der Waals surface area contributed by atoms with Crippen LogP contribution in [-0.2, 0) is 15.0 Å². The molecule has 0 saturated heterocycles. The molecule has 98 valence electrons. The molecule has 5 heteroatoms. The first-order chi connectivity index (χ1) is 9.04. The summed E-state index contributed by atoms with van der Waals surface area (Å²) in [5.74, 6) is -0.515. The van der Waals surface area contributed by atoms with Crippen molar-refractivity contribution in [3.05, 3.63) is 52.6 Å². The molecular formula is C14H13NO4. The van der Waals surface area contributed by atoms with Gasteiger partial charge < -0.3 is 0 Å². The molecule has 1 aromatic rings. The molecule has 0 aliphatic heterocycles. The maximum atomic E-state index is 12.2. The number of nitro groups is 1. The predicted molar refractivity (Wildman–Crippen MR) is 68.8 cm³/mol. The second-order valence-corrected chi connectivity index (χ2v) is 4.52. The molecule has 0 bridgehead atoms. The SMILES string of the molecule is C=CCC1(c2ccccc2[N+](=O)[O-])C(=O)CCC1=O. The summed E-state index contributed by atoms with van der Waals surface area (Å²) >= 11 is 0. The van der Waals surface area contributed by atoms with Crippen LogP contribution in [0, 0.1) is 10.1 Å². The van der Waals surface area contributed by atoms with Gasteiger partial charge in [-0.05, 0) is 6.42 Å². The standard InChI is InChI=1S/C14H13NO4/c1-2-9-14(12(16)7-8-13(14)17)10-5-3-4-6-11(10)15(18)19/h2-6H,1,7-9H2. The van der Waals surface area contributed by atoms with Crippen molar-refractivity contribution in [2.75, 3.05) is 0 Å². The minimum Gasteiger partial charge on any atom is -0.298 e. The number of allylic oxidation sites excluding steroid dienone is 1. The maximum absolute atomic E-state index is 12.2. The third-order valence-corrected chi connectivity index (χ3v) is 3.54. The van der Waals surface area contributed by atoms with E-state index in [0.717, 1.165) is 0 Å². The van der Waals surface area contributed by atoms with Crippen LogP contribution in [0.2, 0.25) is 0 Å². The molecular weight excluding hydrogens is 246 g/mol. The first kappa shape index (κ1) is 13.1. The number of carbonyl (C=O) groups excluding carboxylic acids is 2. The van der Waals surface area contributed by atoms with E-state index in [4.69, 9.17) is 0 Å². The van der Waals surface area contributed by atoms with E-state index in [0.29, 0.717) is 0 Å². The van der Waals surface area contributed by atoms with Crippen LogP contribution in [0.5, 0.6) is 0 Å². The van der Waals surface area contributed by atoms with Crippen molar-refractivity contribution < 1.29 is 14.5 Å². The average molecular weight is 259 g/mol. The number of Topliss-reactive ketones (excluding diaryl/α,β-unsaturated/α-hetero) is 2. The minimum absolute atomic E-state index is 0.107. The topological polar surface area (TPSA) is 77.3 Å². The lowest BCUT2D eigenvalue weighted by Crippen LogP contribution is -2.38. The number of ketones is 2. The Morgan fingerprint density at radius 2 is 1.84 bits per heavy atom. The van der Waals surface area contributed by atoms with Crippen LogP contribution in [0.3, 0.4) is 0 Å². The minimum atomic E-state index is -1.41. The van der Waals surface area contributed by atoms with Gasteiger partial charge in [0, 0.05) is 18.9 Å². The Kier molecular flexibility index (Phi) is 3.29. The van der Waals surface area contributed by atoms with Crippen molar-refractivity contribution >= 4 is 17.3 Å². The summed E-state index contributed by atoms with van der Waals surface area (Å²) in [5.41, 5.74) is -1.41. The van der Waals surface area contributed by atoms with Gasteiger partial charge in [0.15, 0.2) is 11.6 Å². The van der Waals surface area contributed by atoms with Crippen LogP contribution in [0.4, 0.5) is 5.69 Å². The summed E-state index contributed by atoms with van der Waals surface area (Å²) in [6, 6.07) is 5.93. The Morgan fingerprint density at radius 3 is 2.37 bits per heavy atom. The average Bonchev–Trinajstić information content (AvgIpc) is 2.68. The van der Waals surface area contributed by atoms with Crippen LogP contribution in [0.25, 0.3) is 0 Å². The fourth-order valence-electron chi connectivity index (χ4n) is 2.66. The van der Waals surface area contributed by atoms with E-state index in [-0.39, 0.29) is 42.1 Å². The highest BCUT2D eigenvalue weighted by molar-refractivity contribution is 6.18. The van der Waals surface area contributed by atoms with Crippen LogP contribution < -0.4 is 0 Å². The van der Waals surface area contributed by atoms with Gasteiger partial charge >= 0.3 is 0 Å². The van der Waals surface area contributed by atoms with Gasteiger partial charge in [-0.25, -0.2) is 0 Å². The molecule has 5 nitrogen and oxygen atoms in total. The molecule has 0 amide bonds. The Hall–Kier alpha value is -2.30. The Bertz CT molecular complexity index is 561. The third-order valence-electron chi connectivity index (χ3n) is 3.54. The molecule has 1 aliphatic rings. The fourth-order valence-corrected chi connectivity index (χ4v) is 2.66. The maximum Gasteiger partial charge on any atom is 0.274 e. The van der Waals surface area contributed by atoms with Gasteiger partial charge in [-0.3, -0.25) is 19.7 Å². The lowest BCUT2D eigenvalue weighted by atomic mass is 9.74. The molecule has 1 aliphatic carbocycles. The van der Waals surface area contributed by atoms with Crippen molar-refractivity contribution in [3.63, 3.8) is 0 Å². The Morgan fingerprint density at radius 1 is 1.26 bits per heavy atom. The largest absolute Gasteiger partial charge is 0.298 e. The highest BCUT2D eigenvalue weighted by Crippen LogP contribution is 2.42. The third kappa shape index (κ3) is 1.87. The number of nitro benzene ring substituents is 1. The van der Waals surface area contributed by atoms with Crippen LogP contribution in [0.1, 0.15) is 24.8 Å². The summed E-state index contributed by atoms with van der Waals surface area (Å²) in [6.45, 7) is 3.56. The first-order valence-electron chi connectivity index (χ1n) is 5.95. The molecule has 0 heterocycles. The summed E-state index contributed by atoms with van der Waals surface area (Å²) in [6.07, 6.45) is 1.85. The van der Waals surface area contributed by atoms with E-state index in [2.05, 4.69) is 6.58 Å². The van der Waals surface area contributed by atoms with Gasteiger partial charge in [0.05, 0.1) is 10.5 Å². The lowest BCUT2D eigenvalue weighted by Gasteiger charge is -2.24. The van der Waals surface area contributed by atoms with Gasteiger partial charge in [-0.2, -0.15) is 0 Å². The lowest BCUT2D eigenvalue weighted by molar-refractivity contribution is -0.385. The number of carbonyl (C=O) groups is 2. The molecule has 0 atom stereocenters. The van der Waals surface area contributed by atoms with Gasteiger partial charge in [0.1, 0.15) is 5.41 Å². The molecule has 1 fully saturated rings. The van der Waals surface area contributed by atoms with Crippen molar-refractivity contribution in [1.82, 2.24) is 0 Å². The van der Waals surface area contributed by atoms with Crippen molar-refractivity contribution in [2.45, 2.75) is 24.7 Å². The quantitative estimate of drug-likeness (QED) is 0.360. The number of benzene rings is 1. The Labute approximate surface area is 110 Å². The van der Waals surface area contributed by atoms with E-state index in [9.17, 15) is 19.7 Å². The van der Waals surface area contributed by atoms with Gasteiger partial charge in [0.2, 0.25) is 0 Å². The zero-order valence-corrected chi connectivity index (χ0v) is 10.3. The molecule has 0 aromatic heterocycles. The zero-order chi connectivity index (χ0) is 14.0. The first-order valence-corrected chi connectivity index (χ1v) is 5.95. The molecule has 0 spiro atoms. The number of para-hydroxylation sites is 1. The summed E-state index contributed by atoms with van der Waals surface area (Å²) in [7, 11) is 0. The monoisotopic (exact) mass is 259 g/mol. The number of hydrogen-bond donors (Lipinski definition) is 0. The van der Waals surface area contributed by atoms with Gasteiger partial charge in [0.25, 0.3) is 5.69 Å². The highest BCUT2D eigenvalue weighted by atomic mass is 16.6. The molecule has 19 heavy (non-hydrogen) atoms. The van der Waals surface area contributed by atoms with E-state index < -0.39 is 10.3 Å². The van der Waals surface area contributed by atoms with E-state index >= 15 is 0 Å². The summed E-state index contributed by atoms with van der Waals surface area (Å²) in [5, 5.41) is 11.1. The van der Waals surface area contributed by atoms with Crippen molar-refractivity contribution in [3.8, 4) is 0 Å². The van der Waals surface area contributed by atoms with Crippen LogP contribution in [-0.4, -0.2) is 16.5 Å². The van der Waals surface area contributed by atoms with Crippen molar-refractivity contribution in [2.24, 2.45) is 0 Å². The highest BCUT2D eigenvalue weighted by Gasteiger charge is 2.52. The smallest absolute Gasteiger partial charge is 0.274 e. The van der Waals surface area contributed by atoms with Crippen LogP contribution >= 0.6 is 0 Å². The Balaban J connectivity index is 2.70. The van der Waals surface area contributed by atoms with E-state index in [1.807, 2.05) is 0 Å². The van der Waals surface area contributed by atoms with Crippen molar-refractivity contribution in [1.29, 1.82) is 0 Å². The molecule has 0 radical (unpaired) electrons. The van der Waals surface area contributed by atoms with Gasteiger partial charge in [-0.1, -0.05) is 24.3 Å². The molecule has 1 aromatic carbocycles. The summed E-state index contributed by atoms with van der Waals surface area (Å²) in [4.78, 5) is 34.9. The van der Waals surface area contributed by atoms with E-state index in [1.165, 1.54) is 24.3 Å². The number of hydrogen-bond acceptors (Lipinski definition) is 4. The van der Waals surface area contributed by atoms with Crippen LogP contribution in [0.15, 0.2) is 36.9 Å².